The zero-order valence-electron chi connectivity index (χ0n) is 11.0. The number of benzene rings is 1. The second-order valence-electron chi connectivity index (χ2n) is 4.51. The summed E-state index contributed by atoms with van der Waals surface area (Å²) in [5.41, 5.74) is 3.38. The van der Waals surface area contributed by atoms with E-state index in [2.05, 4.69) is 15.5 Å². The van der Waals surface area contributed by atoms with Crippen LogP contribution in [0.25, 0.3) is 11.3 Å². The van der Waals surface area contributed by atoms with Crippen molar-refractivity contribution >= 4 is 23.0 Å². The van der Waals surface area contributed by atoms with Gasteiger partial charge in [0.05, 0.1) is 11.3 Å². The monoisotopic (exact) mass is 299 g/mol. The Balaban J connectivity index is 1.64. The number of aromatic nitrogens is 2. The number of thiophene rings is 1. The molecule has 1 aromatic carbocycles. The fraction of sp³-hybridized carbons (Fsp3) is 0.0667. The molecule has 2 heterocycles. The maximum absolute atomic E-state index is 10.8. The van der Waals surface area contributed by atoms with E-state index >= 15 is 0 Å². The third kappa shape index (κ3) is 3.11. The Bertz CT molecular complexity index is 733. The number of aromatic carboxylic acids is 1. The average Bonchev–Trinajstić information content (AvgIpc) is 3.17. The summed E-state index contributed by atoms with van der Waals surface area (Å²) in [6.45, 7) is 0.612. The Kier molecular flexibility index (Phi) is 3.70. The summed E-state index contributed by atoms with van der Waals surface area (Å²) in [5.74, 6) is -0.888. The molecule has 2 aromatic heterocycles. The van der Waals surface area contributed by atoms with Crippen molar-refractivity contribution in [2.24, 2.45) is 0 Å². The number of nitrogens with one attached hydrogen (secondary N) is 2. The highest BCUT2D eigenvalue weighted by atomic mass is 32.1. The van der Waals surface area contributed by atoms with E-state index < -0.39 is 5.97 Å². The van der Waals surface area contributed by atoms with Crippen molar-refractivity contribution in [3.63, 3.8) is 0 Å². The highest BCUT2D eigenvalue weighted by Crippen LogP contribution is 2.20. The van der Waals surface area contributed by atoms with Gasteiger partial charge in [-0.05, 0) is 29.8 Å². The molecule has 0 saturated carbocycles. The summed E-state index contributed by atoms with van der Waals surface area (Å²) in [5, 5.41) is 20.7. The average molecular weight is 299 g/mol. The molecule has 0 aliphatic heterocycles. The van der Waals surface area contributed by atoms with Crippen molar-refractivity contribution in [3.8, 4) is 11.3 Å². The van der Waals surface area contributed by atoms with Crippen LogP contribution in [0, 0.1) is 0 Å². The number of anilines is 1. The number of H-pyrrole nitrogens is 1. The Labute approximate surface area is 125 Å². The molecule has 3 N–H and O–H groups in total. The van der Waals surface area contributed by atoms with Crippen molar-refractivity contribution < 1.29 is 9.90 Å². The van der Waals surface area contributed by atoms with Gasteiger partial charge in [0.2, 0.25) is 0 Å². The lowest BCUT2D eigenvalue weighted by Crippen LogP contribution is -1.98. The van der Waals surface area contributed by atoms with E-state index in [1.807, 2.05) is 30.3 Å². The maximum Gasteiger partial charge on any atom is 0.336 e. The molecule has 5 nitrogen and oxygen atoms in total. The highest BCUT2D eigenvalue weighted by Gasteiger charge is 2.06. The summed E-state index contributed by atoms with van der Waals surface area (Å²) >= 11 is 1.44. The van der Waals surface area contributed by atoms with Crippen LogP contribution in [-0.4, -0.2) is 21.3 Å². The summed E-state index contributed by atoms with van der Waals surface area (Å²) in [6, 6.07) is 11.6. The van der Waals surface area contributed by atoms with Crippen LogP contribution in [0.3, 0.4) is 0 Å². The number of carboxylic acids is 1. The van der Waals surface area contributed by atoms with Crippen LogP contribution >= 0.6 is 11.3 Å². The lowest BCUT2D eigenvalue weighted by Gasteiger charge is -2.05. The minimum Gasteiger partial charge on any atom is -0.478 e. The van der Waals surface area contributed by atoms with Gasteiger partial charge in [-0.15, -0.1) is 11.3 Å². The quantitative estimate of drug-likeness (QED) is 0.674. The minimum atomic E-state index is -0.888. The Hall–Kier alpha value is -2.60. The molecular weight excluding hydrogens is 286 g/mol. The standard InChI is InChI=1S/C15H13N3O2S/c19-15(20)11-7-13(21-9-11)8-16-12-3-1-10(2-4-12)14-5-6-17-18-14/h1-7,9,16H,8H2,(H,17,18)(H,19,20). The second-order valence-corrected chi connectivity index (χ2v) is 5.50. The first-order chi connectivity index (χ1) is 10.2. The maximum atomic E-state index is 10.8. The summed E-state index contributed by atoms with van der Waals surface area (Å²) in [7, 11) is 0. The molecule has 3 rings (SSSR count). The van der Waals surface area contributed by atoms with Crippen molar-refractivity contribution in [2.45, 2.75) is 6.54 Å². The molecule has 0 fully saturated rings. The van der Waals surface area contributed by atoms with Gasteiger partial charge in [-0.2, -0.15) is 5.10 Å². The van der Waals surface area contributed by atoms with Gasteiger partial charge in [0, 0.05) is 28.7 Å². The normalized spacial score (nSPS) is 10.5. The minimum absolute atomic E-state index is 0.339. The smallest absolute Gasteiger partial charge is 0.336 e. The van der Waals surface area contributed by atoms with E-state index in [1.54, 1.807) is 17.6 Å². The fourth-order valence-corrected chi connectivity index (χ4v) is 2.76. The molecule has 21 heavy (non-hydrogen) atoms. The Morgan fingerprint density at radius 3 is 2.71 bits per heavy atom. The fourth-order valence-electron chi connectivity index (χ4n) is 1.96. The van der Waals surface area contributed by atoms with Crippen LogP contribution in [0.1, 0.15) is 15.2 Å². The highest BCUT2D eigenvalue weighted by molar-refractivity contribution is 7.10. The number of nitrogens with zero attached hydrogens (tertiary/aromatic N) is 1. The molecular formula is C15H13N3O2S. The van der Waals surface area contributed by atoms with Crippen LogP contribution < -0.4 is 5.32 Å². The molecule has 0 aliphatic rings. The van der Waals surface area contributed by atoms with E-state index in [0.29, 0.717) is 12.1 Å². The SMILES string of the molecule is O=C(O)c1csc(CNc2ccc(-c3ccn[nH]3)cc2)c1. The lowest BCUT2D eigenvalue weighted by atomic mass is 10.1. The van der Waals surface area contributed by atoms with Crippen LogP contribution in [0.15, 0.2) is 48.0 Å². The molecule has 0 radical (unpaired) electrons. The molecule has 0 unspecified atom stereocenters. The third-order valence-corrected chi connectivity index (χ3v) is 4.00. The van der Waals surface area contributed by atoms with Crippen molar-refractivity contribution in [1.29, 1.82) is 0 Å². The zero-order valence-corrected chi connectivity index (χ0v) is 11.9. The van der Waals surface area contributed by atoms with Crippen molar-refractivity contribution in [1.82, 2.24) is 10.2 Å². The van der Waals surface area contributed by atoms with Crippen LogP contribution in [0.5, 0.6) is 0 Å². The van der Waals surface area contributed by atoms with Gasteiger partial charge >= 0.3 is 5.97 Å². The first-order valence-electron chi connectivity index (χ1n) is 6.37. The molecule has 0 aliphatic carbocycles. The third-order valence-electron chi connectivity index (χ3n) is 3.06. The lowest BCUT2D eigenvalue weighted by molar-refractivity contribution is 0.0697. The molecule has 3 aromatic rings. The van der Waals surface area contributed by atoms with Crippen LogP contribution in [0.2, 0.25) is 0 Å². The first kappa shape index (κ1) is 13.4. The van der Waals surface area contributed by atoms with Gasteiger partial charge in [-0.1, -0.05) is 12.1 Å². The van der Waals surface area contributed by atoms with Gasteiger partial charge in [0.1, 0.15) is 0 Å². The van der Waals surface area contributed by atoms with E-state index in [1.165, 1.54) is 11.3 Å². The molecule has 0 bridgehead atoms. The Morgan fingerprint density at radius 1 is 1.29 bits per heavy atom. The van der Waals surface area contributed by atoms with Gasteiger partial charge in [-0.25, -0.2) is 4.79 Å². The van der Waals surface area contributed by atoms with Crippen LogP contribution in [-0.2, 0) is 6.54 Å². The number of hydrogen-bond donors (Lipinski definition) is 3. The number of carbonyl (C=O) groups is 1. The zero-order chi connectivity index (χ0) is 14.7. The van der Waals surface area contributed by atoms with E-state index in [-0.39, 0.29) is 0 Å². The number of rotatable bonds is 5. The van der Waals surface area contributed by atoms with Gasteiger partial charge in [0.25, 0.3) is 0 Å². The van der Waals surface area contributed by atoms with Gasteiger partial charge < -0.3 is 10.4 Å². The summed E-state index contributed by atoms with van der Waals surface area (Å²) < 4.78 is 0. The molecule has 106 valence electrons. The first-order valence-corrected chi connectivity index (χ1v) is 7.25. The largest absolute Gasteiger partial charge is 0.478 e. The number of hydrogen-bond acceptors (Lipinski definition) is 4. The second kappa shape index (κ2) is 5.80. The molecule has 0 saturated heterocycles. The van der Waals surface area contributed by atoms with Crippen molar-refractivity contribution in [3.05, 3.63) is 58.4 Å². The Morgan fingerprint density at radius 2 is 2.10 bits per heavy atom. The van der Waals surface area contributed by atoms with E-state index in [0.717, 1.165) is 21.8 Å². The van der Waals surface area contributed by atoms with Gasteiger partial charge in [-0.3, -0.25) is 5.10 Å². The van der Waals surface area contributed by atoms with Crippen molar-refractivity contribution in [2.75, 3.05) is 5.32 Å². The topological polar surface area (TPSA) is 78.0 Å². The molecule has 0 amide bonds. The number of aromatic amines is 1. The number of carboxylic acid groups (broad SMARTS) is 1. The van der Waals surface area contributed by atoms with E-state index in [4.69, 9.17) is 5.11 Å². The molecule has 0 spiro atoms. The molecule has 0 atom stereocenters. The molecule has 6 heteroatoms. The van der Waals surface area contributed by atoms with Crippen LogP contribution in [0.4, 0.5) is 5.69 Å². The van der Waals surface area contributed by atoms with Gasteiger partial charge in [0.15, 0.2) is 0 Å². The summed E-state index contributed by atoms with van der Waals surface area (Å²) in [4.78, 5) is 11.8. The van der Waals surface area contributed by atoms with E-state index in [9.17, 15) is 4.79 Å². The predicted molar refractivity (Wildman–Crippen MR) is 82.6 cm³/mol. The predicted octanol–water partition coefficient (Wildman–Crippen LogP) is 3.45. The summed E-state index contributed by atoms with van der Waals surface area (Å²) in [6.07, 6.45) is 1.72.